The van der Waals surface area contributed by atoms with Crippen molar-refractivity contribution >= 4 is 11.8 Å². The maximum absolute atomic E-state index is 12.5. The Bertz CT molecular complexity index is 394. The van der Waals surface area contributed by atoms with Crippen molar-refractivity contribution in [2.45, 2.75) is 24.9 Å². The molecule has 3 aliphatic rings. The van der Waals surface area contributed by atoms with Crippen LogP contribution in [0.5, 0.6) is 0 Å². The first-order valence-electron chi connectivity index (χ1n) is 7.85. The summed E-state index contributed by atoms with van der Waals surface area (Å²) < 4.78 is 5.40. The Kier molecular flexibility index (Phi) is 4.72. The third-order valence-electron chi connectivity index (χ3n) is 4.24. The Hall–Kier alpha value is -1.18. The van der Waals surface area contributed by atoms with E-state index in [-0.39, 0.29) is 11.8 Å². The van der Waals surface area contributed by atoms with Crippen LogP contribution in [0, 0.1) is 0 Å². The Labute approximate surface area is 125 Å². The largest absolute Gasteiger partial charge is 0.377 e. The number of hydrogen-bond acceptors (Lipinski definition) is 5. The summed E-state index contributed by atoms with van der Waals surface area (Å²) in [5.74, 6) is -0.0259. The molecule has 1 atom stereocenters. The molecule has 7 heteroatoms. The summed E-state index contributed by atoms with van der Waals surface area (Å²) in [4.78, 5) is 28.6. The molecule has 1 saturated carbocycles. The highest BCUT2D eigenvalue weighted by Crippen LogP contribution is 2.19. The van der Waals surface area contributed by atoms with Gasteiger partial charge in [0.2, 0.25) is 11.8 Å². The van der Waals surface area contributed by atoms with Crippen molar-refractivity contribution in [1.82, 2.24) is 20.4 Å². The predicted molar refractivity (Wildman–Crippen MR) is 76.8 cm³/mol. The zero-order valence-electron chi connectivity index (χ0n) is 12.3. The van der Waals surface area contributed by atoms with Crippen molar-refractivity contribution in [3.63, 3.8) is 0 Å². The number of ether oxygens (including phenoxy) is 1. The molecule has 1 unspecified atom stereocenters. The fraction of sp³-hybridized carbons (Fsp3) is 0.857. The molecule has 7 nitrogen and oxygen atoms in total. The van der Waals surface area contributed by atoms with Gasteiger partial charge in [-0.1, -0.05) is 0 Å². The highest BCUT2D eigenvalue weighted by atomic mass is 16.5. The summed E-state index contributed by atoms with van der Waals surface area (Å²) in [7, 11) is 0. The zero-order valence-corrected chi connectivity index (χ0v) is 12.3. The predicted octanol–water partition coefficient (Wildman–Crippen LogP) is -1.60. The molecule has 2 saturated heterocycles. The first kappa shape index (κ1) is 14.7. The van der Waals surface area contributed by atoms with Gasteiger partial charge < -0.3 is 20.3 Å². The lowest BCUT2D eigenvalue weighted by Crippen LogP contribution is -2.58. The van der Waals surface area contributed by atoms with Gasteiger partial charge in [0.1, 0.15) is 6.04 Å². The molecule has 2 N–H and O–H groups in total. The molecule has 2 heterocycles. The van der Waals surface area contributed by atoms with Crippen molar-refractivity contribution in [3.8, 4) is 0 Å². The van der Waals surface area contributed by atoms with E-state index in [1.165, 1.54) is 0 Å². The van der Waals surface area contributed by atoms with Gasteiger partial charge in [0, 0.05) is 38.8 Å². The van der Waals surface area contributed by atoms with Crippen LogP contribution in [0.15, 0.2) is 0 Å². The summed E-state index contributed by atoms with van der Waals surface area (Å²) in [5, 5.41) is 6.25. The summed E-state index contributed by atoms with van der Waals surface area (Å²) in [6.45, 7) is 5.34. The number of nitrogens with one attached hydrogen (secondary N) is 2. The molecule has 3 fully saturated rings. The van der Waals surface area contributed by atoms with Crippen molar-refractivity contribution in [2.24, 2.45) is 0 Å². The average Bonchev–Trinajstić information content (AvgIpc) is 3.32. The fourth-order valence-electron chi connectivity index (χ4n) is 2.80. The Morgan fingerprint density at radius 3 is 2.67 bits per heavy atom. The van der Waals surface area contributed by atoms with Gasteiger partial charge in [-0.05, 0) is 12.8 Å². The maximum Gasteiger partial charge on any atom is 0.245 e. The number of piperazine rings is 1. The van der Waals surface area contributed by atoms with Crippen LogP contribution in [-0.4, -0.2) is 86.2 Å². The average molecular weight is 296 g/mol. The van der Waals surface area contributed by atoms with Gasteiger partial charge >= 0.3 is 0 Å². The minimum atomic E-state index is -0.463. The third-order valence-corrected chi connectivity index (χ3v) is 4.24. The molecule has 1 aliphatic carbocycles. The van der Waals surface area contributed by atoms with Gasteiger partial charge in [-0.25, -0.2) is 0 Å². The molecule has 0 aromatic heterocycles. The number of carbonyl (C=O) groups is 2. The van der Waals surface area contributed by atoms with E-state index in [1.807, 2.05) is 0 Å². The van der Waals surface area contributed by atoms with Crippen LogP contribution in [0.25, 0.3) is 0 Å². The molecule has 2 amide bonds. The molecule has 118 valence electrons. The molecule has 0 bridgehead atoms. The monoisotopic (exact) mass is 296 g/mol. The Balaban J connectivity index is 1.56. The van der Waals surface area contributed by atoms with Gasteiger partial charge in [0.05, 0.1) is 19.8 Å². The summed E-state index contributed by atoms with van der Waals surface area (Å²) in [6, 6.07) is -0.153. The maximum atomic E-state index is 12.5. The SMILES string of the molecule is O=C(NC1CC1)C1COCCN1C(=O)CN1CCNCC1. The van der Waals surface area contributed by atoms with E-state index < -0.39 is 6.04 Å². The molecule has 0 aromatic rings. The molecule has 3 rings (SSSR count). The van der Waals surface area contributed by atoms with Crippen molar-refractivity contribution in [3.05, 3.63) is 0 Å². The highest BCUT2D eigenvalue weighted by molar-refractivity contribution is 5.89. The lowest BCUT2D eigenvalue weighted by atomic mass is 10.2. The topological polar surface area (TPSA) is 73.9 Å². The molecule has 0 radical (unpaired) electrons. The first-order valence-corrected chi connectivity index (χ1v) is 7.85. The molecular formula is C14H24N4O3. The van der Waals surface area contributed by atoms with E-state index in [0.29, 0.717) is 32.3 Å². The highest BCUT2D eigenvalue weighted by Gasteiger charge is 2.35. The first-order chi connectivity index (χ1) is 10.2. The summed E-state index contributed by atoms with van der Waals surface area (Å²) in [6.07, 6.45) is 2.10. The third kappa shape index (κ3) is 3.93. The number of morpholine rings is 1. The molecular weight excluding hydrogens is 272 g/mol. The van der Waals surface area contributed by atoms with E-state index in [9.17, 15) is 9.59 Å². The van der Waals surface area contributed by atoms with Crippen molar-refractivity contribution < 1.29 is 14.3 Å². The van der Waals surface area contributed by atoms with Crippen LogP contribution < -0.4 is 10.6 Å². The zero-order chi connectivity index (χ0) is 14.7. The van der Waals surface area contributed by atoms with Gasteiger partial charge in [0.15, 0.2) is 0 Å². The van der Waals surface area contributed by atoms with Crippen molar-refractivity contribution in [1.29, 1.82) is 0 Å². The lowest BCUT2D eigenvalue weighted by Gasteiger charge is -2.36. The van der Waals surface area contributed by atoms with E-state index >= 15 is 0 Å². The van der Waals surface area contributed by atoms with Gasteiger partial charge in [-0.2, -0.15) is 0 Å². The summed E-state index contributed by atoms with van der Waals surface area (Å²) >= 11 is 0. The minimum Gasteiger partial charge on any atom is -0.377 e. The Morgan fingerprint density at radius 1 is 1.19 bits per heavy atom. The molecule has 2 aliphatic heterocycles. The van der Waals surface area contributed by atoms with E-state index in [4.69, 9.17) is 4.74 Å². The normalized spacial score (nSPS) is 27.4. The number of amides is 2. The quantitative estimate of drug-likeness (QED) is 0.653. The van der Waals surface area contributed by atoms with Crippen LogP contribution >= 0.6 is 0 Å². The lowest BCUT2D eigenvalue weighted by molar-refractivity contribution is -0.149. The Morgan fingerprint density at radius 2 is 1.95 bits per heavy atom. The van der Waals surface area contributed by atoms with Gasteiger partial charge in [-0.15, -0.1) is 0 Å². The van der Waals surface area contributed by atoms with Crippen LogP contribution in [0.4, 0.5) is 0 Å². The minimum absolute atomic E-state index is 0.0381. The van der Waals surface area contributed by atoms with Crippen LogP contribution in [0.2, 0.25) is 0 Å². The van der Waals surface area contributed by atoms with Crippen LogP contribution in [0.1, 0.15) is 12.8 Å². The fourth-order valence-corrected chi connectivity index (χ4v) is 2.80. The van der Waals surface area contributed by atoms with E-state index in [0.717, 1.165) is 39.0 Å². The van der Waals surface area contributed by atoms with Gasteiger partial charge in [0.25, 0.3) is 0 Å². The van der Waals surface area contributed by atoms with Crippen LogP contribution in [0.3, 0.4) is 0 Å². The molecule has 0 spiro atoms. The van der Waals surface area contributed by atoms with Gasteiger partial charge in [-0.3, -0.25) is 14.5 Å². The second-order valence-corrected chi connectivity index (χ2v) is 5.99. The van der Waals surface area contributed by atoms with E-state index in [2.05, 4.69) is 15.5 Å². The van der Waals surface area contributed by atoms with Crippen molar-refractivity contribution in [2.75, 3.05) is 52.5 Å². The van der Waals surface area contributed by atoms with E-state index in [1.54, 1.807) is 4.90 Å². The number of nitrogens with zero attached hydrogens (tertiary/aromatic N) is 2. The number of hydrogen-bond donors (Lipinski definition) is 2. The number of carbonyl (C=O) groups excluding carboxylic acids is 2. The molecule has 21 heavy (non-hydrogen) atoms. The smallest absolute Gasteiger partial charge is 0.245 e. The number of rotatable bonds is 4. The second kappa shape index (κ2) is 6.72. The second-order valence-electron chi connectivity index (χ2n) is 5.99. The standard InChI is InChI=1S/C14H24N4O3/c19-13(9-17-5-3-15-4-6-17)18-7-8-21-10-12(18)14(20)16-11-1-2-11/h11-12,15H,1-10H2,(H,16,20). The van der Waals surface area contributed by atoms with Crippen LogP contribution in [-0.2, 0) is 14.3 Å². The molecule has 0 aromatic carbocycles. The summed E-state index contributed by atoms with van der Waals surface area (Å²) in [5.41, 5.74) is 0.